The first-order valence-electron chi connectivity index (χ1n) is 6.58. The molecule has 0 spiro atoms. The largest absolute Gasteiger partial charge is 0.352 e. The lowest BCUT2D eigenvalue weighted by Crippen LogP contribution is -2.40. The lowest BCUT2D eigenvalue weighted by molar-refractivity contribution is -0.122. The summed E-state index contributed by atoms with van der Waals surface area (Å²) in [5.41, 5.74) is 6.49. The van der Waals surface area contributed by atoms with E-state index in [1.165, 1.54) is 12.1 Å². The van der Waals surface area contributed by atoms with E-state index in [9.17, 15) is 9.18 Å². The van der Waals surface area contributed by atoms with Gasteiger partial charge in [0.1, 0.15) is 5.82 Å². The average molecular weight is 266 g/mol. The molecule has 3 nitrogen and oxygen atoms in total. The van der Waals surface area contributed by atoms with Gasteiger partial charge in [0.05, 0.1) is 0 Å². The number of benzene rings is 1. The van der Waals surface area contributed by atoms with Gasteiger partial charge in [-0.3, -0.25) is 4.79 Å². The van der Waals surface area contributed by atoms with Crippen LogP contribution in [0.15, 0.2) is 24.3 Å². The Morgan fingerprint density at radius 2 is 1.89 bits per heavy atom. The minimum absolute atomic E-state index is 0.0214. The first-order valence-corrected chi connectivity index (χ1v) is 6.58. The van der Waals surface area contributed by atoms with Gasteiger partial charge in [-0.15, -0.1) is 0 Å². The monoisotopic (exact) mass is 266 g/mol. The zero-order chi connectivity index (χ0) is 14.5. The summed E-state index contributed by atoms with van der Waals surface area (Å²) in [6, 6.07) is 6.31. The smallest absolute Gasteiger partial charge is 0.220 e. The third kappa shape index (κ3) is 5.83. The molecule has 0 saturated carbocycles. The van der Waals surface area contributed by atoms with Gasteiger partial charge < -0.3 is 11.1 Å². The van der Waals surface area contributed by atoms with Crippen LogP contribution in [0, 0.1) is 5.82 Å². The predicted molar refractivity (Wildman–Crippen MR) is 75.3 cm³/mol. The average Bonchev–Trinajstić information content (AvgIpc) is 2.29. The van der Waals surface area contributed by atoms with Crippen LogP contribution >= 0.6 is 0 Å². The van der Waals surface area contributed by atoms with Gasteiger partial charge >= 0.3 is 0 Å². The zero-order valence-corrected chi connectivity index (χ0v) is 11.9. The van der Waals surface area contributed by atoms with Gasteiger partial charge in [-0.25, -0.2) is 4.39 Å². The van der Waals surface area contributed by atoms with E-state index in [1.807, 2.05) is 20.8 Å². The first-order chi connectivity index (χ1) is 8.81. The Morgan fingerprint density at radius 3 is 2.37 bits per heavy atom. The van der Waals surface area contributed by atoms with Gasteiger partial charge in [0.2, 0.25) is 5.91 Å². The molecule has 19 heavy (non-hydrogen) atoms. The molecule has 1 aromatic rings. The number of amides is 1. The van der Waals surface area contributed by atoms with Crippen LogP contribution in [0.1, 0.15) is 45.1 Å². The van der Waals surface area contributed by atoms with E-state index in [1.54, 1.807) is 12.1 Å². The van der Waals surface area contributed by atoms with Crippen molar-refractivity contribution in [2.24, 2.45) is 5.73 Å². The molecule has 106 valence electrons. The summed E-state index contributed by atoms with van der Waals surface area (Å²) in [5, 5.41) is 2.92. The Labute approximate surface area is 114 Å². The summed E-state index contributed by atoms with van der Waals surface area (Å²) in [7, 11) is 0. The van der Waals surface area contributed by atoms with E-state index in [0.29, 0.717) is 19.4 Å². The van der Waals surface area contributed by atoms with Crippen LogP contribution in [0.5, 0.6) is 0 Å². The van der Waals surface area contributed by atoms with E-state index in [2.05, 4.69) is 5.32 Å². The number of rotatable bonds is 5. The molecule has 0 aromatic heterocycles. The van der Waals surface area contributed by atoms with Crippen LogP contribution in [-0.2, 0) is 4.79 Å². The van der Waals surface area contributed by atoms with Crippen molar-refractivity contribution in [3.63, 3.8) is 0 Å². The number of hydrogen-bond acceptors (Lipinski definition) is 2. The molecule has 0 aliphatic carbocycles. The molecule has 1 aromatic carbocycles. The molecule has 1 rings (SSSR count). The van der Waals surface area contributed by atoms with Crippen LogP contribution in [0.25, 0.3) is 0 Å². The van der Waals surface area contributed by atoms with Gasteiger partial charge in [-0.2, -0.15) is 0 Å². The minimum Gasteiger partial charge on any atom is -0.352 e. The predicted octanol–water partition coefficient (Wildman–Crippen LogP) is 2.56. The van der Waals surface area contributed by atoms with E-state index in [4.69, 9.17) is 5.73 Å². The maximum absolute atomic E-state index is 12.9. The highest BCUT2D eigenvalue weighted by atomic mass is 19.1. The van der Waals surface area contributed by atoms with Gasteiger partial charge in [0, 0.05) is 12.0 Å². The highest BCUT2D eigenvalue weighted by Crippen LogP contribution is 2.20. The van der Waals surface area contributed by atoms with Crippen LogP contribution in [-0.4, -0.2) is 18.0 Å². The summed E-state index contributed by atoms with van der Waals surface area (Å²) in [5.74, 6) is -0.149. The van der Waals surface area contributed by atoms with Crippen LogP contribution in [0.2, 0.25) is 0 Å². The van der Waals surface area contributed by atoms with Crippen molar-refractivity contribution in [3.8, 4) is 0 Å². The Kier molecular flexibility index (Phi) is 5.48. The molecule has 0 heterocycles. The molecule has 0 radical (unpaired) electrons. The van der Waals surface area contributed by atoms with E-state index in [-0.39, 0.29) is 23.2 Å². The van der Waals surface area contributed by atoms with Crippen LogP contribution < -0.4 is 11.1 Å². The lowest BCUT2D eigenvalue weighted by Gasteiger charge is -2.21. The van der Waals surface area contributed by atoms with Crippen molar-refractivity contribution in [1.82, 2.24) is 5.32 Å². The second-order valence-corrected chi connectivity index (χ2v) is 5.82. The maximum Gasteiger partial charge on any atom is 0.220 e. The van der Waals surface area contributed by atoms with Crippen LogP contribution in [0.3, 0.4) is 0 Å². The molecule has 0 aliphatic heterocycles. The topological polar surface area (TPSA) is 55.1 Å². The fraction of sp³-hybridized carbons (Fsp3) is 0.533. The number of nitrogens with two attached hydrogens (primary N) is 1. The van der Waals surface area contributed by atoms with E-state index in [0.717, 1.165) is 5.56 Å². The fourth-order valence-electron chi connectivity index (χ4n) is 1.94. The Bertz CT molecular complexity index is 409. The van der Waals surface area contributed by atoms with Gasteiger partial charge in [-0.1, -0.05) is 12.1 Å². The van der Waals surface area contributed by atoms with Crippen molar-refractivity contribution in [2.75, 3.05) is 6.54 Å². The van der Waals surface area contributed by atoms with Gasteiger partial charge in [-0.05, 0) is 57.4 Å². The van der Waals surface area contributed by atoms with Crippen molar-refractivity contribution in [3.05, 3.63) is 35.6 Å². The molecule has 4 heteroatoms. The summed E-state index contributed by atoms with van der Waals surface area (Å²) >= 11 is 0. The molecular formula is C15H23FN2O. The van der Waals surface area contributed by atoms with Crippen molar-refractivity contribution in [1.29, 1.82) is 0 Å². The minimum atomic E-state index is -0.259. The number of carbonyl (C=O) groups excluding carboxylic acids is 1. The SMILES string of the molecule is CC(C)(C)NC(=O)CCC(CN)c1ccc(F)cc1. The normalized spacial score (nSPS) is 13.1. The molecule has 1 atom stereocenters. The van der Waals surface area contributed by atoms with Crippen LogP contribution in [0.4, 0.5) is 4.39 Å². The van der Waals surface area contributed by atoms with Crippen molar-refractivity contribution in [2.45, 2.75) is 45.1 Å². The van der Waals surface area contributed by atoms with E-state index >= 15 is 0 Å². The molecule has 0 fully saturated rings. The third-order valence-electron chi connectivity index (χ3n) is 2.86. The zero-order valence-electron chi connectivity index (χ0n) is 11.9. The molecular weight excluding hydrogens is 243 g/mol. The quantitative estimate of drug-likeness (QED) is 0.860. The Balaban J connectivity index is 2.54. The molecule has 0 aliphatic rings. The van der Waals surface area contributed by atoms with Gasteiger partial charge in [0.15, 0.2) is 0 Å². The molecule has 1 unspecified atom stereocenters. The summed E-state index contributed by atoms with van der Waals surface area (Å²) in [4.78, 5) is 11.8. The second kappa shape index (κ2) is 6.66. The summed E-state index contributed by atoms with van der Waals surface area (Å²) in [6.45, 7) is 6.30. The maximum atomic E-state index is 12.9. The summed E-state index contributed by atoms with van der Waals surface area (Å²) < 4.78 is 12.9. The number of hydrogen-bond donors (Lipinski definition) is 2. The molecule has 1 amide bonds. The molecule has 0 bridgehead atoms. The van der Waals surface area contributed by atoms with Gasteiger partial charge in [0.25, 0.3) is 0 Å². The fourth-order valence-corrected chi connectivity index (χ4v) is 1.94. The number of carbonyl (C=O) groups is 1. The molecule has 0 saturated heterocycles. The highest BCUT2D eigenvalue weighted by Gasteiger charge is 2.16. The lowest BCUT2D eigenvalue weighted by atomic mass is 9.94. The number of halogens is 1. The number of nitrogens with one attached hydrogen (secondary N) is 1. The highest BCUT2D eigenvalue weighted by molar-refractivity contribution is 5.76. The standard InChI is InChI=1S/C15H23FN2O/c1-15(2,3)18-14(19)9-6-12(10-17)11-4-7-13(16)8-5-11/h4-5,7-8,12H,6,9-10,17H2,1-3H3,(H,18,19). The second-order valence-electron chi connectivity index (χ2n) is 5.82. The van der Waals surface area contributed by atoms with Crippen molar-refractivity contribution < 1.29 is 9.18 Å². The molecule has 3 N–H and O–H groups in total. The third-order valence-corrected chi connectivity index (χ3v) is 2.86. The van der Waals surface area contributed by atoms with Crippen molar-refractivity contribution >= 4 is 5.91 Å². The van der Waals surface area contributed by atoms with E-state index < -0.39 is 0 Å². The Morgan fingerprint density at radius 1 is 1.32 bits per heavy atom. The first kappa shape index (κ1) is 15.6. The Hall–Kier alpha value is -1.42. The summed E-state index contributed by atoms with van der Waals surface area (Å²) in [6.07, 6.45) is 1.10.